The second kappa shape index (κ2) is 6.12. The zero-order chi connectivity index (χ0) is 12.8. The summed E-state index contributed by atoms with van der Waals surface area (Å²) in [6.07, 6.45) is 1.82. The van der Waals surface area contributed by atoms with Gasteiger partial charge >= 0.3 is 5.97 Å². The molecule has 0 bridgehead atoms. The molecule has 0 radical (unpaired) electrons. The van der Waals surface area contributed by atoms with E-state index >= 15 is 0 Å². The minimum Gasteiger partial charge on any atom is -0.469 e. The molecule has 1 aliphatic rings. The van der Waals surface area contributed by atoms with Crippen molar-refractivity contribution in [1.29, 1.82) is 0 Å². The Hall–Kier alpha value is -1.72. The number of hydrogen-bond donors (Lipinski definition) is 1. The predicted molar refractivity (Wildman–Crippen MR) is 56.7 cm³/mol. The van der Waals surface area contributed by atoms with Crippen LogP contribution in [0.4, 0.5) is 0 Å². The molecule has 1 N–H and O–H groups in total. The van der Waals surface area contributed by atoms with Crippen LogP contribution in [-0.4, -0.2) is 31.2 Å². The lowest BCUT2D eigenvalue weighted by Crippen LogP contribution is -2.27. The third kappa shape index (κ3) is 3.65. The summed E-state index contributed by atoms with van der Waals surface area (Å²) in [7, 11) is 1.29. The molecule has 1 heterocycles. The van der Waals surface area contributed by atoms with Crippen LogP contribution in [0.2, 0.25) is 0 Å². The Morgan fingerprint density at radius 2 is 2.29 bits per heavy atom. The number of ether oxygens (including phenoxy) is 1. The summed E-state index contributed by atoms with van der Waals surface area (Å²) >= 11 is 0. The molecule has 2 amide bonds. The van der Waals surface area contributed by atoms with Gasteiger partial charge in [0.1, 0.15) is 6.29 Å². The summed E-state index contributed by atoms with van der Waals surface area (Å²) in [5, 5.41) is 2.16. The van der Waals surface area contributed by atoms with Crippen LogP contribution < -0.4 is 5.32 Å². The van der Waals surface area contributed by atoms with Gasteiger partial charge in [0.05, 0.1) is 13.0 Å². The third-order valence-corrected chi connectivity index (χ3v) is 2.84. The van der Waals surface area contributed by atoms with Crippen molar-refractivity contribution in [2.75, 3.05) is 7.11 Å². The van der Waals surface area contributed by atoms with Gasteiger partial charge < -0.3 is 9.53 Å². The lowest BCUT2D eigenvalue weighted by atomic mass is 9.88. The molecule has 0 spiro atoms. The minimum absolute atomic E-state index is 0.0560. The topological polar surface area (TPSA) is 89.5 Å². The van der Waals surface area contributed by atoms with Gasteiger partial charge in [0.2, 0.25) is 11.8 Å². The van der Waals surface area contributed by atoms with Gasteiger partial charge in [0, 0.05) is 18.8 Å². The van der Waals surface area contributed by atoms with E-state index in [0.717, 1.165) is 0 Å². The second-order valence-electron chi connectivity index (χ2n) is 3.99. The van der Waals surface area contributed by atoms with E-state index in [2.05, 4.69) is 10.1 Å². The van der Waals surface area contributed by atoms with Crippen LogP contribution in [0.25, 0.3) is 0 Å². The molecule has 17 heavy (non-hydrogen) atoms. The fourth-order valence-corrected chi connectivity index (χ4v) is 1.87. The monoisotopic (exact) mass is 241 g/mol. The number of imide groups is 1. The Kier molecular flexibility index (Phi) is 4.81. The lowest BCUT2D eigenvalue weighted by molar-refractivity contribution is -0.141. The van der Waals surface area contributed by atoms with Gasteiger partial charge in [-0.15, -0.1) is 0 Å². The Balaban J connectivity index is 2.43. The number of aldehydes is 1. The van der Waals surface area contributed by atoms with E-state index < -0.39 is 17.7 Å². The van der Waals surface area contributed by atoms with Crippen molar-refractivity contribution in [3.63, 3.8) is 0 Å². The molecule has 0 aromatic rings. The highest BCUT2D eigenvalue weighted by Gasteiger charge is 2.36. The Labute approximate surface area is 98.7 Å². The zero-order valence-corrected chi connectivity index (χ0v) is 9.60. The standard InChI is InChI=1S/C11H15NO5/c1-17-10(15)4-2-3-7(6-13)8-5-9(14)12-11(8)16/h6-8H,2-5H2,1H3,(H,12,14,16)/t7-,8?/m1/s1. The van der Waals surface area contributed by atoms with E-state index in [1.165, 1.54) is 7.11 Å². The summed E-state index contributed by atoms with van der Waals surface area (Å²) in [4.78, 5) is 44.1. The number of carbonyl (C=O) groups excluding carboxylic acids is 4. The summed E-state index contributed by atoms with van der Waals surface area (Å²) in [6.45, 7) is 0. The van der Waals surface area contributed by atoms with Gasteiger partial charge in [-0.3, -0.25) is 19.7 Å². The van der Waals surface area contributed by atoms with Crippen molar-refractivity contribution in [1.82, 2.24) is 5.32 Å². The number of carbonyl (C=O) groups is 4. The van der Waals surface area contributed by atoms with Crippen LogP contribution >= 0.6 is 0 Å². The van der Waals surface area contributed by atoms with E-state index in [4.69, 9.17) is 0 Å². The van der Waals surface area contributed by atoms with Crippen molar-refractivity contribution < 1.29 is 23.9 Å². The van der Waals surface area contributed by atoms with Crippen LogP contribution in [0.3, 0.4) is 0 Å². The van der Waals surface area contributed by atoms with Crippen LogP contribution in [0.1, 0.15) is 25.7 Å². The second-order valence-corrected chi connectivity index (χ2v) is 3.99. The minimum atomic E-state index is -0.586. The molecule has 0 aromatic carbocycles. The van der Waals surface area contributed by atoms with E-state index in [9.17, 15) is 19.2 Å². The largest absolute Gasteiger partial charge is 0.469 e. The summed E-state index contributed by atoms with van der Waals surface area (Å²) < 4.78 is 4.47. The van der Waals surface area contributed by atoms with E-state index in [-0.39, 0.29) is 24.7 Å². The molecule has 1 aliphatic heterocycles. The highest BCUT2D eigenvalue weighted by atomic mass is 16.5. The van der Waals surface area contributed by atoms with Crippen LogP contribution in [-0.2, 0) is 23.9 Å². The van der Waals surface area contributed by atoms with Crippen molar-refractivity contribution in [3.8, 4) is 0 Å². The highest BCUT2D eigenvalue weighted by molar-refractivity contribution is 6.04. The number of nitrogens with one attached hydrogen (secondary N) is 1. The first-order valence-electron chi connectivity index (χ1n) is 5.44. The smallest absolute Gasteiger partial charge is 0.305 e. The quantitative estimate of drug-likeness (QED) is 0.395. The summed E-state index contributed by atoms with van der Waals surface area (Å²) in [5.41, 5.74) is 0. The first-order valence-corrected chi connectivity index (χ1v) is 5.44. The molecular weight excluding hydrogens is 226 g/mol. The highest BCUT2D eigenvalue weighted by Crippen LogP contribution is 2.24. The van der Waals surface area contributed by atoms with E-state index in [0.29, 0.717) is 19.1 Å². The Bertz CT molecular complexity index is 339. The summed E-state index contributed by atoms with van der Waals surface area (Å²) in [5.74, 6) is -2.18. The van der Waals surface area contributed by atoms with Gasteiger partial charge in [0.25, 0.3) is 0 Å². The molecule has 94 valence electrons. The van der Waals surface area contributed by atoms with Crippen LogP contribution in [0.5, 0.6) is 0 Å². The number of esters is 1. The first-order chi connectivity index (χ1) is 8.08. The maximum atomic E-state index is 11.4. The molecule has 0 aromatic heterocycles. The van der Waals surface area contributed by atoms with E-state index in [1.807, 2.05) is 0 Å². The molecule has 1 saturated heterocycles. The maximum absolute atomic E-state index is 11.4. The number of rotatable bonds is 6. The van der Waals surface area contributed by atoms with Crippen molar-refractivity contribution in [2.45, 2.75) is 25.7 Å². The fourth-order valence-electron chi connectivity index (χ4n) is 1.87. The van der Waals surface area contributed by atoms with Gasteiger partial charge in [-0.2, -0.15) is 0 Å². The SMILES string of the molecule is COC(=O)CCC[C@H](C=O)C1CC(=O)NC1=O. The molecule has 2 atom stereocenters. The van der Waals surface area contributed by atoms with Gasteiger partial charge in [-0.1, -0.05) is 0 Å². The first kappa shape index (κ1) is 13.3. The molecule has 1 rings (SSSR count). The Morgan fingerprint density at radius 1 is 1.59 bits per heavy atom. The fraction of sp³-hybridized carbons (Fsp3) is 0.636. The summed E-state index contributed by atoms with van der Waals surface area (Å²) in [6, 6.07) is 0. The van der Waals surface area contributed by atoms with Crippen molar-refractivity contribution in [2.24, 2.45) is 11.8 Å². The lowest BCUT2D eigenvalue weighted by Gasteiger charge is -2.13. The molecule has 1 fully saturated rings. The molecule has 6 heteroatoms. The average molecular weight is 241 g/mol. The average Bonchev–Trinajstić information content (AvgIpc) is 2.63. The molecule has 6 nitrogen and oxygen atoms in total. The van der Waals surface area contributed by atoms with Crippen LogP contribution in [0.15, 0.2) is 0 Å². The Morgan fingerprint density at radius 3 is 2.76 bits per heavy atom. The zero-order valence-electron chi connectivity index (χ0n) is 9.60. The number of methoxy groups -OCH3 is 1. The van der Waals surface area contributed by atoms with E-state index in [1.54, 1.807) is 0 Å². The van der Waals surface area contributed by atoms with Gasteiger partial charge in [0.15, 0.2) is 0 Å². The molecule has 0 aliphatic carbocycles. The third-order valence-electron chi connectivity index (χ3n) is 2.84. The molecule has 0 saturated carbocycles. The number of amides is 2. The number of hydrogen-bond acceptors (Lipinski definition) is 5. The maximum Gasteiger partial charge on any atom is 0.305 e. The van der Waals surface area contributed by atoms with Crippen LogP contribution in [0, 0.1) is 11.8 Å². The van der Waals surface area contributed by atoms with Gasteiger partial charge in [-0.05, 0) is 12.8 Å². The molecule has 1 unspecified atom stereocenters. The van der Waals surface area contributed by atoms with Crippen molar-refractivity contribution in [3.05, 3.63) is 0 Å². The van der Waals surface area contributed by atoms with Gasteiger partial charge in [-0.25, -0.2) is 0 Å². The molecular formula is C11H15NO5. The van der Waals surface area contributed by atoms with Crippen molar-refractivity contribution >= 4 is 24.1 Å². The predicted octanol–water partition coefficient (Wildman–Crippen LogP) is -0.193. The normalized spacial score (nSPS) is 20.9.